The fourth-order valence-corrected chi connectivity index (χ4v) is 2.14. The monoisotopic (exact) mass is 332 g/mol. The molecule has 4 nitrogen and oxygen atoms in total. The van der Waals surface area contributed by atoms with Gasteiger partial charge in [-0.1, -0.05) is 23.2 Å². The van der Waals surface area contributed by atoms with E-state index in [-0.39, 0.29) is 32.7 Å². The Labute approximate surface area is 128 Å². The van der Waals surface area contributed by atoms with Crippen LogP contribution in [0.15, 0.2) is 24.3 Å². The number of hydrogen-bond donors (Lipinski definition) is 3. The molecule has 0 radical (unpaired) electrons. The second-order valence-corrected chi connectivity index (χ2v) is 4.92. The van der Waals surface area contributed by atoms with Crippen molar-refractivity contribution in [3.63, 3.8) is 0 Å². The summed E-state index contributed by atoms with van der Waals surface area (Å²) in [6, 6.07) is 4.29. The zero-order chi connectivity index (χ0) is 15.7. The summed E-state index contributed by atoms with van der Waals surface area (Å²) in [4.78, 5) is 11.0. The Morgan fingerprint density at radius 2 is 1.71 bits per heavy atom. The van der Waals surface area contributed by atoms with Crippen LogP contribution in [0.2, 0.25) is 10.0 Å². The second-order valence-electron chi connectivity index (χ2n) is 4.10. The van der Waals surface area contributed by atoms with Crippen LogP contribution < -0.4 is 11.1 Å². The molecule has 0 unspecified atom stereocenters. The third-order valence-electron chi connectivity index (χ3n) is 2.63. The Kier molecular flexibility index (Phi) is 4.20. The number of aromatic carboxylic acids is 1. The predicted octanol–water partition coefficient (Wildman–Crippen LogP) is 4.30. The highest BCUT2D eigenvalue weighted by molar-refractivity contribution is 6.35. The molecule has 110 valence electrons. The number of nitrogens with one attached hydrogen (secondary N) is 1. The van der Waals surface area contributed by atoms with E-state index in [1.54, 1.807) is 0 Å². The van der Waals surface area contributed by atoms with Crippen LogP contribution in [0.25, 0.3) is 0 Å². The zero-order valence-electron chi connectivity index (χ0n) is 10.3. The van der Waals surface area contributed by atoms with Gasteiger partial charge in [-0.05, 0) is 24.3 Å². The fourth-order valence-electron chi connectivity index (χ4n) is 1.65. The molecule has 0 aliphatic carbocycles. The number of nitrogen functional groups attached to an aromatic ring is 1. The highest BCUT2D eigenvalue weighted by atomic mass is 35.5. The first-order chi connectivity index (χ1) is 9.79. The molecule has 21 heavy (non-hydrogen) atoms. The maximum absolute atomic E-state index is 13.8. The van der Waals surface area contributed by atoms with E-state index < -0.39 is 17.6 Å². The summed E-state index contributed by atoms with van der Waals surface area (Å²) in [5.74, 6) is -2.87. The highest BCUT2D eigenvalue weighted by Gasteiger charge is 2.14. The van der Waals surface area contributed by atoms with E-state index >= 15 is 0 Å². The first-order valence-electron chi connectivity index (χ1n) is 5.53. The highest BCUT2D eigenvalue weighted by Crippen LogP contribution is 2.31. The van der Waals surface area contributed by atoms with Crippen molar-refractivity contribution in [2.24, 2.45) is 0 Å². The normalized spacial score (nSPS) is 10.5. The molecule has 0 amide bonds. The van der Waals surface area contributed by atoms with Crippen molar-refractivity contribution in [2.45, 2.75) is 0 Å². The van der Waals surface area contributed by atoms with Crippen LogP contribution in [0.1, 0.15) is 10.4 Å². The lowest BCUT2D eigenvalue weighted by Gasteiger charge is -2.11. The van der Waals surface area contributed by atoms with Gasteiger partial charge in [-0.2, -0.15) is 0 Å². The Bertz CT molecular complexity index is 715. The van der Waals surface area contributed by atoms with E-state index in [0.29, 0.717) is 0 Å². The van der Waals surface area contributed by atoms with Crippen molar-refractivity contribution in [3.05, 3.63) is 51.5 Å². The van der Waals surface area contributed by atoms with Crippen LogP contribution in [-0.2, 0) is 0 Å². The Balaban J connectivity index is 2.44. The molecule has 0 saturated carbocycles. The van der Waals surface area contributed by atoms with Crippen LogP contribution in [0.5, 0.6) is 0 Å². The van der Waals surface area contributed by atoms with Crippen molar-refractivity contribution in [1.82, 2.24) is 0 Å². The second kappa shape index (κ2) is 5.75. The van der Waals surface area contributed by atoms with Gasteiger partial charge in [0, 0.05) is 11.4 Å². The van der Waals surface area contributed by atoms with Gasteiger partial charge in [-0.15, -0.1) is 0 Å². The summed E-state index contributed by atoms with van der Waals surface area (Å²) in [6.45, 7) is 0. The van der Waals surface area contributed by atoms with Crippen LogP contribution in [-0.4, -0.2) is 11.1 Å². The predicted molar refractivity (Wildman–Crippen MR) is 77.5 cm³/mol. The summed E-state index contributed by atoms with van der Waals surface area (Å²) >= 11 is 11.2. The Morgan fingerprint density at radius 1 is 1.14 bits per heavy atom. The molecule has 0 bridgehead atoms. The van der Waals surface area contributed by atoms with Gasteiger partial charge in [0.05, 0.1) is 21.3 Å². The summed E-state index contributed by atoms with van der Waals surface area (Å²) in [6.07, 6.45) is 0. The average Bonchev–Trinajstić information content (AvgIpc) is 2.38. The maximum Gasteiger partial charge on any atom is 0.337 e. The summed E-state index contributed by atoms with van der Waals surface area (Å²) in [7, 11) is 0. The van der Waals surface area contributed by atoms with Crippen LogP contribution in [0.3, 0.4) is 0 Å². The first kappa shape index (κ1) is 15.3. The molecule has 4 N–H and O–H groups in total. The summed E-state index contributed by atoms with van der Waals surface area (Å²) in [5.41, 5.74) is 4.99. The van der Waals surface area contributed by atoms with Crippen LogP contribution in [0.4, 0.5) is 25.8 Å². The Morgan fingerprint density at radius 3 is 2.24 bits per heavy atom. The molecular weight excluding hydrogens is 325 g/mol. The largest absolute Gasteiger partial charge is 0.478 e. The number of carboxylic acids is 1. The van der Waals surface area contributed by atoms with Gasteiger partial charge in [0.15, 0.2) is 5.82 Å². The van der Waals surface area contributed by atoms with Gasteiger partial charge >= 0.3 is 5.97 Å². The number of rotatable bonds is 3. The lowest BCUT2D eigenvalue weighted by Crippen LogP contribution is -2.05. The molecule has 0 heterocycles. The number of carbonyl (C=O) groups is 1. The molecule has 8 heteroatoms. The van der Waals surface area contributed by atoms with E-state index in [9.17, 15) is 13.6 Å². The van der Waals surface area contributed by atoms with Crippen molar-refractivity contribution in [3.8, 4) is 0 Å². The topological polar surface area (TPSA) is 75.3 Å². The molecule has 0 aliphatic heterocycles. The number of anilines is 3. The molecule has 0 aliphatic rings. The molecule has 0 atom stereocenters. The van der Waals surface area contributed by atoms with Gasteiger partial charge in [0.2, 0.25) is 0 Å². The number of nitrogens with two attached hydrogens (primary N) is 1. The number of benzene rings is 2. The van der Waals surface area contributed by atoms with E-state index in [1.807, 2.05) is 0 Å². The van der Waals surface area contributed by atoms with Crippen molar-refractivity contribution < 1.29 is 18.7 Å². The summed E-state index contributed by atoms with van der Waals surface area (Å²) < 4.78 is 27.1. The minimum absolute atomic E-state index is 0.152. The fraction of sp³-hybridized carbons (Fsp3) is 0. The van der Waals surface area contributed by atoms with E-state index in [1.165, 1.54) is 12.1 Å². The van der Waals surface area contributed by atoms with Crippen LogP contribution in [0, 0.1) is 11.6 Å². The average molecular weight is 333 g/mol. The van der Waals surface area contributed by atoms with Gasteiger partial charge in [-0.3, -0.25) is 0 Å². The number of halogens is 4. The molecule has 2 aromatic rings. The zero-order valence-corrected chi connectivity index (χ0v) is 11.8. The molecule has 0 fully saturated rings. The van der Waals surface area contributed by atoms with Crippen molar-refractivity contribution in [2.75, 3.05) is 11.1 Å². The minimum Gasteiger partial charge on any atom is -0.478 e. The van der Waals surface area contributed by atoms with E-state index in [0.717, 1.165) is 12.1 Å². The third-order valence-corrected chi connectivity index (χ3v) is 3.18. The van der Waals surface area contributed by atoms with Gasteiger partial charge in [-0.25, -0.2) is 13.6 Å². The smallest absolute Gasteiger partial charge is 0.337 e. The third kappa shape index (κ3) is 3.17. The first-order valence-corrected chi connectivity index (χ1v) is 6.29. The van der Waals surface area contributed by atoms with Gasteiger partial charge in [0.25, 0.3) is 0 Å². The molecule has 0 aromatic heterocycles. The maximum atomic E-state index is 13.8. The molecule has 2 aromatic carbocycles. The van der Waals surface area contributed by atoms with Crippen LogP contribution >= 0.6 is 23.2 Å². The van der Waals surface area contributed by atoms with Gasteiger partial charge < -0.3 is 16.2 Å². The van der Waals surface area contributed by atoms with E-state index in [4.69, 9.17) is 34.0 Å². The molecule has 0 saturated heterocycles. The quantitative estimate of drug-likeness (QED) is 0.578. The van der Waals surface area contributed by atoms with E-state index in [2.05, 4.69) is 5.32 Å². The number of carboxylic acid groups (broad SMARTS) is 1. The SMILES string of the molecule is Nc1cc(F)c(Nc2cc(Cl)c(F)c(Cl)c2)cc1C(=O)O. The molecular formula is C13H8Cl2F2N2O2. The standard InChI is InChI=1S/C13H8Cl2F2N2O2/c14-7-1-5(2-8(15)12(7)17)19-11-3-6(13(20)21)10(18)4-9(11)16/h1-4,19H,18H2,(H,20,21). The van der Waals surface area contributed by atoms with Crippen molar-refractivity contribution >= 4 is 46.2 Å². The molecule has 2 rings (SSSR count). The Hall–Kier alpha value is -2.05. The van der Waals surface area contributed by atoms with Gasteiger partial charge in [0.1, 0.15) is 5.82 Å². The minimum atomic E-state index is -1.30. The molecule has 0 spiro atoms. The lowest BCUT2D eigenvalue weighted by atomic mass is 10.1. The van der Waals surface area contributed by atoms with Crippen molar-refractivity contribution in [1.29, 1.82) is 0 Å². The summed E-state index contributed by atoms with van der Waals surface area (Å²) in [5, 5.41) is 11.0. The lowest BCUT2D eigenvalue weighted by molar-refractivity contribution is 0.0698. The number of hydrogen-bond acceptors (Lipinski definition) is 3.